The second-order valence-corrected chi connectivity index (χ2v) is 5.65. The Morgan fingerprint density at radius 2 is 1.96 bits per heavy atom. The van der Waals surface area contributed by atoms with Gasteiger partial charge in [0.2, 0.25) is 0 Å². The SMILES string of the molecule is O=[N+]([O-])c1nccn1CC(O)C(O)CN1CC1c1ccccc1. The van der Waals surface area contributed by atoms with E-state index in [0.29, 0.717) is 6.54 Å². The maximum absolute atomic E-state index is 10.8. The third kappa shape index (κ3) is 3.55. The Balaban J connectivity index is 1.54. The molecule has 8 heteroatoms. The summed E-state index contributed by atoms with van der Waals surface area (Å²) in [4.78, 5) is 15.8. The fraction of sp³-hybridized carbons (Fsp3) is 0.400. The van der Waals surface area contributed by atoms with Gasteiger partial charge in [0.05, 0.1) is 6.10 Å². The van der Waals surface area contributed by atoms with Crippen LogP contribution >= 0.6 is 0 Å². The third-order valence-electron chi connectivity index (χ3n) is 4.01. The lowest BCUT2D eigenvalue weighted by atomic mass is 10.1. The third-order valence-corrected chi connectivity index (χ3v) is 4.01. The number of benzene rings is 1. The highest BCUT2D eigenvalue weighted by atomic mass is 16.6. The van der Waals surface area contributed by atoms with Gasteiger partial charge in [-0.15, -0.1) is 0 Å². The average Bonchev–Trinajstić information content (AvgIpc) is 3.14. The van der Waals surface area contributed by atoms with Gasteiger partial charge in [-0.05, 0) is 10.5 Å². The van der Waals surface area contributed by atoms with Crippen molar-refractivity contribution in [2.24, 2.45) is 0 Å². The number of aliphatic hydroxyl groups excluding tert-OH is 2. The number of rotatable bonds is 7. The van der Waals surface area contributed by atoms with E-state index in [1.165, 1.54) is 22.5 Å². The molecule has 122 valence electrons. The van der Waals surface area contributed by atoms with Gasteiger partial charge >= 0.3 is 5.95 Å². The van der Waals surface area contributed by atoms with Gasteiger partial charge in [-0.3, -0.25) is 4.90 Å². The van der Waals surface area contributed by atoms with Crippen LogP contribution in [0.2, 0.25) is 0 Å². The van der Waals surface area contributed by atoms with Crippen LogP contribution in [0.25, 0.3) is 0 Å². The number of β-amino-alcohol motifs (C(OH)–C–C–N with tert-alkyl or cyclic N) is 1. The predicted octanol–water partition coefficient (Wildman–Crippen LogP) is 0.570. The van der Waals surface area contributed by atoms with Crippen LogP contribution in [-0.2, 0) is 6.54 Å². The minimum absolute atomic E-state index is 0.0681. The molecule has 23 heavy (non-hydrogen) atoms. The van der Waals surface area contributed by atoms with E-state index in [2.05, 4.69) is 4.98 Å². The first-order valence-corrected chi connectivity index (χ1v) is 7.37. The number of aliphatic hydroxyl groups is 2. The highest BCUT2D eigenvalue weighted by Crippen LogP contribution is 2.34. The average molecular weight is 318 g/mol. The molecule has 4 unspecified atom stereocenters. The van der Waals surface area contributed by atoms with E-state index >= 15 is 0 Å². The predicted molar refractivity (Wildman–Crippen MR) is 81.7 cm³/mol. The van der Waals surface area contributed by atoms with Crippen molar-refractivity contribution < 1.29 is 15.1 Å². The Hall–Kier alpha value is -2.29. The van der Waals surface area contributed by atoms with Gasteiger partial charge in [0, 0.05) is 19.1 Å². The molecule has 1 aromatic heterocycles. The first kappa shape index (κ1) is 15.6. The Morgan fingerprint density at radius 1 is 1.26 bits per heavy atom. The van der Waals surface area contributed by atoms with Crippen molar-refractivity contribution in [3.05, 3.63) is 58.4 Å². The minimum atomic E-state index is -1.10. The smallest absolute Gasteiger partial charge is 0.390 e. The van der Waals surface area contributed by atoms with Crippen LogP contribution in [0.3, 0.4) is 0 Å². The van der Waals surface area contributed by atoms with Crippen LogP contribution in [0, 0.1) is 10.1 Å². The molecule has 2 heterocycles. The van der Waals surface area contributed by atoms with Gasteiger partial charge in [-0.1, -0.05) is 35.3 Å². The highest BCUT2D eigenvalue weighted by Gasteiger charge is 2.37. The molecule has 0 amide bonds. The molecule has 4 atom stereocenters. The van der Waals surface area contributed by atoms with E-state index in [1.54, 1.807) is 0 Å². The van der Waals surface area contributed by atoms with Crippen LogP contribution in [0.1, 0.15) is 11.6 Å². The van der Waals surface area contributed by atoms with Crippen LogP contribution < -0.4 is 0 Å². The van der Waals surface area contributed by atoms with E-state index < -0.39 is 17.1 Å². The first-order valence-electron chi connectivity index (χ1n) is 7.37. The summed E-state index contributed by atoms with van der Waals surface area (Å²) in [6.45, 7) is 1.09. The number of nitro groups is 1. The lowest BCUT2D eigenvalue weighted by Crippen LogP contribution is -2.35. The largest absolute Gasteiger partial charge is 0.434 e. The van der Waals surface area contributed by atoms with Gasteiger partial charge in [0.1, 0.15) is 25.0 Å². The van der Waals surface area contributed by atoms with E-state index in [-0.39, 0.29) is 18.5 Å². The Kier molecular flexibility index (Phi) is 4.37. The molecule has 0 radical (unpaired) electrons. The van der Waals surface area contributed by atoms with Crippen molar-refractivity contribution in [3.63, 3.8) is 0 Å². The second-order valence-electron chi connectivity index (χ2n) is 5.65. The second kappa shape index (κ2) is 6.45. The summed E-state index contributed by atoms with van der Waals surface area (Å²) in [7, 11) is 0. The zero-order valence-electron chi connectivity index (χ0n) is 12.4. The van der Waals surface area contributed by atoms with Gasteiger partial charge in [-0.2, -0.15) is 0 Å². The lowest BCUT2D eigenvalue weighted by Gasteiger charge is -2.18. The molecule has 1 aromatic carbocycles. The van der Waals surface area contributed by atoms with E-state index in [1.807, 2.05) is 35.2 Å². The van der Waals surface area contributed by atoms with Crippen LogP contribution in [0.4, 0.5) is 5.95 Å². The molecule has 0 spiro atoms. The van der Waals surface area contributed by atoms with E-state index in [4.69, 9.17) is 0 Å². The Bertz CT molecular complexity index is 675. The number of hydrogen-bond acceptors (Lipinski definition) is 6. The molecule has 1 saturated heterocycles. The quantitative estimate of drug-likeness (QED) is 0.439. The molecule has 2 N–H and O–H groups in total. The zero-order chi connectivity index (χ0) is 16.4. The molecular weight excluding hydrogens is 300 g/mol. The van der Waals surface area contributed by atoms with Gasteiger partial charge in [-0.25, -0.2) is 4.57 Å². The van der Waals surface area contributed by atoms with E-state index in [0.717, 1.165) is 6.54 Å². The summed E-state index contributed by atoms with van der Waals surface area (Å²) in [5.74, 6) is -0.342. The summed E-state index contributed by atoms with van der Waals surface area (Å²) < 4.78 is 1.23. The molecule has 8 nitrogen and oxygen atoms in total. The Labute approximate surface area is 132 Å². The highest BCUT2D eigenvalue weighted by molar-refractivity contribution is 5.23. The minimum Gasteiger partial charge on any atom is -0.390 e. The lowest BCUT2D eigenvalue weighted by molar-refractivity contribution is -0.397. The molecule has 1 aliphatic rings. The van der Waals surface area contributed by atoms with Gasteiger partial charge < -0.3 is 20.3 Å². The summed E-state index contributed by atoms with van der Waals surface area (Å²) in [5, 5.41) is 31.0. The summed E-state index contributed by atoms with van der Waals surface area (Å²) in [6, 6.07) is 10.2. The number of nitrogens with zero attached hydrogens (tertiary/aromatic N) is 4. The topological polar surface area (TPSA) is 104 Å². The van der Waals surface area contributed by atoms with Crippen LogP contribution in [-0.4, -0.2) is 54.9 Å². The standard InChI is InChI=1S/C15H18N4O4/c20-13(9-17-7-6-16-15(17)19(22)23)14(21)10-18-8-12(18)11-4-2-1-3-5-11/h1-7,12-14,20-21H,8-10H2. The molecule has 1 aliphatic heterocycles. The van der Waals surface area contributed by atoms with Crippen molar-refractivity contribution in [1.82, 2.24) is 14.5 Å². The number of aromatic nitrogens is 2. The van der Waals surface area contributed by atoms with Gasteiger partial charge in [0.25, 0.3) is 0 Å². The summed E-state index contributed by atoms with van der Waals surface area (Å²) in [6.07, 6.45) is 0.635. The molecular formula is C15H18N4O4. The van der Waals surface area contributed by atoms with Crippen molar-refractivity contribution in [2.75, 3.05) is 13.1 Å². The van der Waals surface area contributed by atoms with Gasteiger partial charge in [0.15, 0.2) is 0 Å². The first-order chi connectivity index (χ1) is 11.1. The van der Waals surface area contributed by atoms with Crippen LogP contribution in [0.15, 0.2) is 42.7 Å². The maximum Gasteiger partial charge on any atom is 0.434 e. The van der Waals surface area contributed by atoms with Crippen molar-refractivity contribution >= 4 is 5.95 Å². The normalized spacial score (nSPS) is 22.5. The monoisotopic (exact) mass is 318 g/mol. The summed E-state index contributed by atoms with van der Waals surface area (Å²) >= 11 is 0. The Morgan fingerprint density at radius 3 is 2.65 bits per heavy atom. The number of hydrogen-bond donors (Lipinski definition) is 2. The maximum atomic E-state index is 10.8. The molecule has 1 fully saturated rings. The van der Waals surface area contributed by atoms with Crippen molar-refractivity contribution in [2.45, 2.75) is 24.8 Å². The molecule has 0 bridgehead atoms. The fourth-order valence-electron chi connectivity index (χ4n) is 2.67. The van der Waals surface area contributed by atoms with E-state index in [9.17, 15) is 20.3 Å². The van der Waals surface area contributed by atoms with Crippen molar-refractivity contribution in [1.29, 1.82) is 0 Å². The van der Waals surface area contributed by atoms with Crippen LogP contribution in [0.5, 0.6) is 0 Å². The zero-order valence-corrected chi connectivity index (χ0v) is 12.4. The summed E-state index contributed by atoms with van der Waals surface area (Å²) in [5.41, 5.74) is 1.18. The molecule has 0 aliphatic carbocycles. The van der Waals surface area contributed by atoms with Crippen molar-refractivity contribution in [3.8, 4) is 0 Å². The number of imidazole rings is 1. The fourth-order valence-corrected chi connectivity index (χ4v) is 2.67. The molecule has 0 saturated carbocycles. The molecule has 2 aromatic rings. The molecule has 3 rings (SSSR count).